The molecule has 0 bridgehead atoms. The maximum absolute atomic E-state index is 12.6. The van der Waals surface area contributed by atoms with E-state index in [1.807, 2.05) is 31.2 Å². The van der Waals surface area contributed by atoms with Crippen molar-refractivity contribution in [3.8, 4) is 22.9 Å². The molecule has 0 saturated carbocycles. The third kappa shape index (κ3) is 3.25. The van der Waals surface area contributed by atoms with E-state index >= 15 is 0 Å². The fourth-order valence-corrected chi connectivity index (χ4v) is 4.00. The van der Waals surface area contributed by atoms with E-state index in [2.05, 4.69) is 10.4 Å². The number of anilines is 1. The number of carbonyl (C=O) groups is 1. The predicted octanol–water partition coefficient (Wildman–Crippen LogP) is 4.33. The Kier molecular flexibility index (Phi) is 5.30. The Morgan fingerprint density at radius 1 is 1.07 bits per heavy atom. The summed E-state index contributed by atoms with van der Waals surface area (Å²) in [6, 6.07) is 9.23. The molecule has 30 heavy (non-hydrogen) atoms. The van der Waals surface area contributed by atoms with Crippen LogP contribution in [0.3, 0.4) is 0 Å². The standard InChI is InChI=1S/C22H22ClN3O4/c1-12-16(23)6-5-7-17(12)26-22-15(11-24-26)13(9-21(27)25-22)14-8-19(29-3)20(30-4)10-18(14)28-2/h5-8,10-11,13H,9H2,1-4H3,(H,25,27)/t13-/m1/s1. The lowest BCUT2D eigenvalue weighted by Gasteiger charge is -2.26. The van der Waals surface area contributed by atoms with E-state index < -0.39 is 0 Å². The van der Waals surface area contributed by atoms with Crippen molar-refractivity contribution in [1.82, 2.24) is 9.78 Å². The summed E-state index contributed by atoms with van der Waals surface area (Å²) in [6.45, 7) is 1.92. The number of amides is 1. The molecule has 0 spiro atoms. The second kappa shape index (κ2) is 7.91. The van der Waals surface area contributed by atoms with Crippen molar-refractivity contribution in [3.05, 3.63) is 58.2 Å². The average molecular weight is 428 g/mol. The number of rotatable bonds is 5. The highest BCUT2D eigenvalue weighted by atomic mass is 35.5. The second-order valence-corrected chi connectivity index (χ2v) is 7.41. The molecule has 1 aliphatic rings. The molecule has 0 aliphatic carbocycles. The van der Waals surface area contributed by atoms with Crippen LogP contribution in [0.5, 0.6) is 17.2 Å². The first kappa shape index (κ1) is 20.1. The van der Waals surface area contributed by atoms with Crippen LogP contribution in [0.4, 0.5) is 5.82 Å². The smallest absolute Gasteiger partial charge is 0.226 e. The van der Waals surface area contributed by atoms with Crippen LogP contribution in [0.1, 0.15) is 29.0 Å². The van der Waals surface area contributed by atoms with Gasteiger partial charge in [0.2, 0.25) is 5.91 Å². The lowest BCUT2D eigenvalue weighted by Crippen LogP contribution is -2.25. The van der Waals surface area contributed by atoms with E-state index in [4.69, 9.17) is 25.8 Å². The molecule has 1 atom stereocenters. The number of ether oxygens (including phenoxy) is 3. The van der Waals surface area contributed by atoms with Gasteiger partial charge in [0, 0.05) is 34.6 Å². The molecule has 7 nitrogen and oxygen atoms in total. The SMILES string of the molecule is COc1cc(OC)c([C@H]2CC(=O)Nc3c2cnn3-c2cccc(Cl)c2C)cc1OC. The molecule has 1 aliphatic heterocycles. The molecule has 4 rings (SSSR count). The molecule has 156 valence electrons. The van der Waals surface area contributed by atoms with Crippen LogP contribution in [-0.2, 0) is 4.79 Å². The highest BCUT2D eigenvalue weighted by Gasteiger charge is 2.33. The van der Waals surface area contributed by atoms with Crippen LogP contribution >= 0.6 is 11.6 Å². The number of nitrogens with zero attached hydrogens (tertiary/aromatic N) is 2. The number of fused-ring (bicyclic) bond motifs is 1. The zero-order chi connectivity index (χ0) is 21.4. The maximum atomic E-state index is 12.6. The Bertz CT molecular complexity index is 1130. The molecule has 1 amide bonds. The van der Waals surface area contributed by atoms with Crippen LogP contribution in [0.2, 0.25) is 5.02 Å². The van der Waals surface area contributed by atoms with Gasteiger partial charge in [-0.25, -0.2) is 4.68 Å². The molecule has 2 aromatic carbocycles. The van der Waals surface area contributed by atoms with Gasteiger partial charge in [0.25, 0.3) is 0 Å². The highest BCUT2D eigenvalue weighted by molar-refractivity contribution is 6.31. The molecule has 1 N–H and O–H groups in total. The molecular formula is C22H22ClN3O4. The summed E-state index contributed by atoms with van der Waals surface area (Å²) >= 11 is 6.30. The summed E-state index contributed by atoms with van der Waals surface area (Å²) in [7, 11) is 4.74. The lowest BCUT2D eigenvalue weighted by molar-refractivity contribution is -0.116. The molecule has 0 radical (unpaired) electrons. The minimum Gasteiger partial charge on any atom is -0.496 e. The topological polar surface area (TPSA) is 74.6 Å². The first-order valence-electron chi connectivity index (χ1n) is 9.41. The van der Waals surface area contributed by atoms with Crippen LogP contribution in [0.15, 0.2) is 36.5 Å². The van der Waals surface area contributed by atoms with E-state index in [1.54, 1.807) is 38.3 Å². The number of hydrogen-bond acceptors (Lipinski definition) is 5. The van der Waals surface area contributed by atoms with Gasteiger partial charge in [-0.05, 0) is 30.7 Å². The largest absolute Gasteiger partial charge is 0.496 e. The maximum Gasteiger partial charge on any atom is 0.226 e. The van der Waals surface area contributed by atoms with Crippen molar-refractivity contribution >= 4 is 23.3 Å². The molecule has 2 heterocycles. The summed E-state index contributed by atoms with van der Waals surface area (Å²) < 4.78 is 18.2. The number of hydrogen-bond donors (Lipinski definition) is 1. The molecule has 0 fully saturated rings. The quantitative estimate of drug-likeness (QED) is 0.655. The minimum atomic E-state index is -0.253. The third-order valence-electron chi connectivity index (χ3n) is 5.40. The van der Waals surface area contributed by atoms with Crippen LogP contribution in [0, 0.1) is 6.92 Å². The Balaban J connectivity index is 1.88. The number of aromatic nitrogens is 2. The molecular weight excluding hydrogens is 406 g/mol. The summed E-state index contributed by atoms with van der Waals surface area (Å²) in [6.07, 6.45) is 2.04. The highest BCUT2D eigenvalue weighted by Crippen LogP contribution is 2.45. The molecule has 1 aromatic heterocycles. The fourth-order valence-electron chi connectivity index (χ4n) is 3.83. The first-order chi connectivity index (χ1) is 14.5. The number of nitrogens with one attached hydrogen (secondary N) is 1. The Morgan fingerprint density at radius 2 is 1.77 bits per heavy atom. The lowest BCUT2D eigenvalue weighted by atomic mass is 9.86. The van der Waals surface area contributed by atoms with Crippen LogP contribution in [0.25, 0.3) is 5.69 Å². The van der Waals surface area contributed by atoms with Crippen molar-refractivity contribution in [2.45, 2.75) is 19.3 Å². The van der Waals surface area contributed by atoms with Gasteiger partial charge in [-0.2, -0.15) is 5.10 Å². The minimum absolute atomic E-state index is 0.106. The summed E-state index contributed by atoms with van der Waals surface area (Å²) in [5.41, 5.74) is 3.40. The van der Waals surface area contributed by atoms with Crippen molar-refractivity contribution in [2.24, 2.45) is 0 Å². The third-order valence-corrected chi connectivity index (χ3v) is 5.81. The fraction of sp³-hybridized carbons (Fsp3) is 0.273. The number of benzene rings is 2. The monoisotopic (exact) mass is 427 g/mol. The van der Waals surface area contributed by atoms with E-state index in [0.29, 0.717) is 28.1 Å². The Hall–Kier alpha value is -3.19. The first-order valence-corrected chi connectivity index (χ1v) is 9.79. The second-order valence-electron chi connectivity index (χ2n) is 7.00. The number of carbonyl (C=O) groups excluding carboxylic acids is 1. The summed E-state index contributed by atoms with van der Waals surface area (Å²) in [4.78, 5) is 12.6. The zero-order valence-electron chi connectivity index (χ0n) is 17.2. The molecule has 3 aromatic rings. The van der Waals surface area contributed by atoms with E-state index in [-0.39, 0.29) is 18.2 Å². The normalized spacial score (nSPS) is 15.4. The van der Waals surface area contributed by atoms with Gasteiger partial charge in [0.15, 0.2) is 11.5 Å². The Labute approximate surface area is 179 Å². The number of halogens is 1. The van der Waals surface area contributed by atoms with Gasteiger partial charge in [0.1, 0.15) is 11.6 Å². The average Bonchev–Trinajstić information content (AvgIpc) is 3.17. The van der Waals surface area contributed by atoms with Crippen LogP contribution in [-0.4, -0.2) is 37.0 Å². The van der Waals surface area contributed by atoms with Gasteiger partial charge in [0.05, 0.1) is 33.2 Å². The van der Waals surface area contributed by atoms with Crippen molar-refractivity contribution in [2.75, 3.05) is 26.6 Å². The van der Waals surface area contributed by atoms with Gasteiger partial charge >= 0.3 is 0 Å². The van der Waals surface area contributed by atoms with Crippen molar-refractivity contribution < 1.29 is 19.0 Å². The van der Waals surface area contributed by atoms with E-state index in [9.17, 15) is 4.79 Å². The number of methoxy groups -OCH3 is 3. The van der Waals surface area contributed by atoms with E-state index in [1.165, 1.54) is 0 Å². The van der Waals surface area contributed by atoms with Gasteiger partial charge < -0.3 is 19.5 Å². The molecule has 0 saturated heterocycles. The van der Waals surface area contributed by atoms with Gasteiger partial charge in [-0.1, -0.05) is 17.7 Å². The van der Waals surface area contributed by atoms with Gasteiger partial charge in [-0.3, -0.25) is 4.79 Å². The predicted molar refractivity (Wildman–Crippen MR) is 114 cm³/mol. The van der Waals surface area contributed by atoms with Crippen molar-refractivity contribution in [1.29, 1.82) is 0 Å². The summed E-state index contributed by atoms with van der Waals surface area (Å²) in [5, 5.41) is 8.16. The van der Waals surface area contributed by atoms with Crippen molar-refractivity contribution in [3.63, 3.8) is 0 Å². The summed E-state index contributed by atoms with van der Waals surface area (Å²) in [5.74, 6) is 2.01. The zero-order valence-corrected chi connectivity index (χ0v) is 17.9. The Morgan fingerprint density at radius 3 is 2.47 bits per heavy atom. The molecule has 8 heteroatoms. The van der Waals surface area contributed by atoms with E-state index in [0.717, 1.165) is 22.4 Å². The van der Waals surface area contributed by atoms with Gasteiger partial charge in [-0.15, -0.1) is 0 Å². The molecule has 0 unspecified atom stereocenters. The van der Waals surface area contributed by atoms with Crippen LogP contribution < -0.4 is 19.5 Å².